The highest BCUT2D eigenvalue weighted by Gasteiger charge is 2.16. The van der Waals surface area contributed by atoms with Crippen molar-refractivity contribution in [3.8, 4) is 11.5 Å². The molecule has 0 unspecified atom stereocenters. The molecular formula is C13H15ClN2O4. The summed E-state index contributed by atoms with van der Waals surface area (Å²) in [5.41, 5.74) is 6.34. The molecule has 7 heteroatoms. The van der Waals surface area contributed by atoms with Crippen LogP contribution in [-0.4, -0.2) is 30.3 Å². The maximum atomic E-state index is 11.2. The average Bonchev–Trinajstić information content (AvgIpc) is 2.44. The molecule has 0 radical (unpaired) electrons. The number of fused-ring (bicyclic) bond motifs is 1. The number of carboxylic acid groups (broad SMARTS) is 1. The SMILES string of the molecule is COc1cc2c(C(=O)O)cnc(CN)c2cc1OC.Cl. The van der Waals surface area contributed by atoms with Crippen LogP contribution < -0.4 is 15.2 Å². The highest BCUT2D eigenvalue weighted by molar-refractivity contribution is 6.05. The molecule has 2 aromatic rings. The summed E-state index contributed by atoms with van der Waals surface area (Å²) in [5.74, 6) is -0.0750. The molecule has 0 saturated heterocycles. The van der Waals surface area contributed by atoms with Crippen molar-refractivity contribution in [1.29, 1.82) is 0 Å². The molecule has 2 rings (SSSR count). The third kappa shape index (κ3) is 2.61. The lowest BCUT2D eigenvalue weighted by atomic mass is 10.0. The summed E-state index contributed by atoms with van der Waals surface area (Å²) in [6, 6.07) is 3.31. The molecule has 20 heavy (non-hydrogen) atoms. The first kappa shape index (κ1) is 16.0. The van der Waals surface area contributed by atoms with Crippen molar-refractivity contribution in [2.45, 2.75) is 6.54 Å². The van der Waals surface area contributed by atoms with Gasteiger partial charge in [0.2, 0.25) is 0 Å². The number of carboxylic acids is 1. The quantitative estimate of drug-likeness (QED) is 0.894. The highest BCUT2D eigenvalue weighted by atomic mass is 35.5. The van der Waals surface area contributed by atoms with Crippen LogP contribution in [0.2, 0.25) is 0 Å². The Balaban J connectivity index is 0.00000200. The molecule has 0 amide bonds. The fourth-order valence-corrected chi connectivity index (χ4v) is 1.96. The number of benzene rings is 1. The molecule has 0 bridgehead atoms. The van der Waals surface area contributed by atoms with E-state index >= 15 is 0 Å². The molecule has 1 aromatic heterocycles. The number of hydrogen-bond donors (Lipinski definition) is 2. The number of aromatic nitrogens is 1. The monoisotopic (exact) mass is 298 g/mol. The summed E-state index contributed by atoms with van der Waals surface area (Å²) in [7, 11) is 3.01. The molecule has 108 valence electrons. The Kier molecular flexibility index (Phi) is 5.12. The van der Waals surface area contributed by atoms with E-state index in [9.17, 15) is 9.90 Å². The minimum atomic E-state index is -1.05. The largest absolute Gasteiger partial charge is 0.493 e. The third-order valence-electron chi connectivity index (χ3n) is 2.90. The van der Waals surface area contributed by atoms with Gasteiger partial charge in [0.25, 0.3) is 0 Å². The topological polar surface area (TPSA) is 94.7 Å². The van der Waals surface area contributed by atoms with Gasteiger partial charge in [-0.2, -0.15) is 0 Å². The van der Waals surface area contributed by atoms with Gasteiger partial charge in [-0.05, 0) is 12.1 Å². The van der Waals surface area contributed by atoms with Crippen molar-refractivity contribution >= 4 is 29.1 Å². The standard InChI is InChI=1S/C13H14N2O4.ClH/c1-18-11-3-7-8(4-12(11)19-2)10(5-14)15-6-9(7)13(16)17;/h3-4,6H,5,14H2,1-2H3,(H,16,17);1H. The molecule has 0 fully saturated rings. The Hall–Kier alpha value is -2.05. The Morgan fingerprint density at radius 1 is 1.25 bits per heavy atom. The summed E-state index contributed by atoms with van der Waals surface area (Å²) < 4.78 is 10.4. The van der Waals surface area contributed by atoms with Crippen LogP contribution in [0.15, 0.2) is 18.3 Å². The summed E-state index contributed by atoms with van der Waals surface area (Å²) in [5, 5.41) is 10.4. The van der Waals surface area contributed by atoms with Gasteiger partial charge in [-0.3, -0.25) is 4.98 Å². The van der Waals surface area contributed by atoms with Crippen LogP contribution in [0.1, 0.15) is 16.1 Å². The number of aromatic carboxylic acids is 1. The van der Waals surface area contributed by atoms with Gasteiger partial charge in [0, 0.05) is 23.5 Å². The maximum Gasteiger partial charge on any atom is 0.337 e. The highest BCUT2D eigenvalue weighted by Crippen LogP contribution is 2.34. The van der Waals surface area contributed by atoms with Gasteiger partial charge in [-0.1, -0.05) is 0 Å². The van der Waals surface area contributed by atoms with E-state index in [0.29, 0.717) is 28.0 Å². The average molecular weight is 299 g/mol. The molecule has 0 aliphatic rings. The van der Waals surface area contributed by atoms with Gasteiger partial charge in [-0.15, -0.1) is 12.4 Å². The molecule has 0 atom stereocenters. The van der Waals surface area contributed by atoms with Gasteiger partial charge < -0.3 is 20.3 Å². The number of halogens is 1. The van der Waals surface area contributed by atoms with E-state index in [1.807, 2.05) is 0 Å². The van der Waals surface area contributed by atoms with Gasteiger partial charge in [-0.25, -0.2) is 4.79 Å². The maximum absolute atomic E-state index is 11.2. The van der Waals surface area contributed by atoms with Crippen LogP contribution in [0.4, 0.5) is 0 Å². The summed E-state index contributed by atoms with van der Waals surface area (Å²) in [4.78, 5) is 15.3. The van der Waals surface area contributed by atoms with Crippen molar-refractivity contribution in [3.05, 3.63) is 29.6 Å². The van der Waals surface area contributed by atoms with Gasteiger partial charge in [0.15, 0.2) is 11.5 Å². The zero-order chi connectivity index (χ0) is 14.0. The van der Waals surface area contributed by atoms with E-state index in [4.69, 9.17) is 15.2 Å². The molecule has 0 aliphatic heterocycles. The van der Waals surface area contributed by atoms with E-state index in [0.717, 1.165) is 0 Å². The molecule has 3 N–H and O–H groups in total. The zero-order valence-corrected chi connectivity index (χ0v) is 11.9. The van der Waals surface area contributed by atoms with E-state index < -0.39 is 5.97 Å². The fraction of sp³-hybridized carbons (Fsp3) is 0.231. The fourth-order valence-electron chi connectivity index (χ4n) is 1.96. The Morgan fingerprint density at radius 2 is 1.80 bits per heavy atom. The number of methoxy groups -OCH3 is 2. The van der Waals surface area contributed by atoms with Gasteiger partial charge >= 0.3 is 5.97 Å². The second kappa shape index (κ2) is 6.40. The number of rotatable bonds is 4. The van der Waals surface area contributed by atoms with Crippen LogP contribution in [0.25, 0.3) is 10.8 Å². The van der Waals surface area contributed by atoms with Crippen molar-refractivity contribution < 1.29 is 19.4 Å². The number of carbonyl (C=O) groups is 1. The summed E-state index contributed by atoms with van der Waals surface area (Å²) in [6.07, 6.45) is 1.30. The first-order valence-corrected chi connectivity index (χ1v) is 5.59. The molecule has 0 spiro atoms. The second-order valence-corrected chi connectivity index (χ2v) is 3.88. The number of nitrogens with zero attached hydrogens (tertiary/aromatic N) is 1. The first-order valence-electron chi connectivity index (χ1n) is 5.59. The number of nitrogens with two attached hydrogens (primary N) is 1. The Labute approximate surface area is 121 Å². The van der Waals surface area contributed by atoms with E-state index in [1.54, 1.807) is 12.1 Å². The van der Waals surface area contributed by atoms with Crippen molar-refractivity contribution in [1.82, 2.24) is 4.98 Å². The molecule has 0 aliphatic carbocycles. The summed E-state index contributed by atoms with van der Waals surface area (Å²) in [6.45, 7) is 0.214. The van der Waals surface area contributed by atoms with E-state index in [-0.39, 0.29) is 24.5 Å². The molecule has 6 nitrogen and oxygen atoms in total. The van der Waals surface area contributed by atoms with Crippen LogP contribution in [0.3, 0.4) is 0 Å². The van der Waals surface area contributed by atoms with Crippen LogP contribution >= 0.6 is 12.4 Å². The zero-order valence-electron chi connectivity index (χ0n) is 11.0. The van der Waals surface area contributed by atoms with Crippen molar-refractivity contribution in [3.63, 3.8) is 0 Å². The molecular weight excluding hydrogens is 284 g/mol. The predicted octanol–water partition coefficient (Wildman–Crippen LogP) is 1.83. The lowest BCUT2D eigenvalue weighted by molar-refractivity contribution is 0.0698. The number of hydrogen-bond acceptors (Lipinski definition) is 5. The summed E-state index contributed by atoms with van der Waals surface area (Å²) >= 11 is 0. The first-order chi connectivity index (χ1) is 9.12. The third-order valence-corrected chi connectivity index (χ3v) is 2.90. The number of pyridine rings is 1. The number of ether oxygens (including phenoxy) is 2. The second-order valence-electron chi connectivity index (χ2n) is 3.88. The van der Waals surface area contributed by atoms with Gasteiger partial charge in [0.05, 0.1) is 25.5 Å². The molecule has 0 saturated carbocycles. The van der Waals surface area contributed by atoms with Gasteiger partial charge in [0.1, 0.15) is 0 Å². The smallest absolute Gasteiger partial charge is 0.337 e. The minimum Gasteiger partial charge on any atom is -0.493 e. The van der Waals surface area contributed by atoms with E-state index in [2.05, 4.69) is 4.98 Å². The van der Waals surface area contributed by atoms with E-state index in [1.165, 1.54) is 20.4 Å². The van der Waals surface area contributed by atoms with Crippen molar-refractivity contribution in [2.24, 2.45) is 5.73 Å². The Morgan fingerprint density at radius 3 is 2.25 bits per heavy atom. The lowest BCUT2D eigenvalue weighted by Crippen LogP contribution is -2.06. The van der Waals surface area contributed by atoms with Crippen LogP contribution in [0.5, 0.6) is 11.5 Å². The molecule has 1 heterocycles. The Bertz CT molecular complexity index is 646. The lowest BCUT2D eigenvalue weighted by Gasteiger charge is -2.12. The van der Waals surface area contributed by atoms with Crippen molar-refractivity contribution in [2.75, 3.05) is 14.2 Å². The van der Waals surface area contributed by atoms with Crippen LogP contribution in [0, 0.1) is 0 Å². The van der Waals surface area contributed by atoms with Crippen LogP contribution in [-0.2, 0) is 6.54 Å². The minimum absolute atomic E-state index is 0. The normalized spacial score (nSPS) is 9.95. The predicted molar refractivity (Wildman–Crippen MR) is 76.9 cm³/mol. The molecule has 1 aromatic carbocycles.